The SMILES string of the molecule is CCc1nn(C)c(CC(=O)C(C)(C)N2CCCC2)c1Br. The molecule has 0 aliphatic carbocycles. The van der Waals surface area contributed by atoms with Crippen LogP contribution in [0.3, 0.4) is 0 Å². The van der Waals surface area contributed by atoms with Crippen LogP contribution in [0.15, 0.2) is 4.47 Å². The van der Waals surface area contributed by atoms with Crippen LogP contribution in [0.1, 0.15) is 45.0 Å². The number of carbonyl (C=O) groups is 1. The van der Waals surface area contributed by atoms with Gasteiger partial charge in [0.15, 0.2) is 5.78 Å². The summed E-state index contributed by atoms with van der Waals surface area (Å²) in [5.41, 5.74) is 1.63. The Labute approximate surface area is 129 Å². The van der Waals surface area contributed by atoms with E-state index >= 15 is 0 Å². The van der Waals surface area contributed by atoms with Crippen molar-refractivity contribution in [1.29, 1.82) is 0 Å². The Balaban J connectivity index is 2.17. The molecule has 2 heterocycles. The summed E-state index contributed by atoms with van der Waals surface area (Å²) in [7, 11) is 1.91. The van der Waals surface area contributed by atoms with Gasteiger partial charge in [0.25, 0.3) is 0 Å². The Morgan fingerprint density at radius 2 is 1.95 bits per heavy atom. The maximum Gasteiger partial charge on any atom is 0.158 e. The molecule has 0 spiro atoms. The Bertz CT molecular complexity index is 501. The van der Waals surface area contributed by atoms with E-state index in [-0.39, 0.29) is 11.3 Å². The molecule has 2 rings (SSSR count). The molecule has 1 aliphatic heterocycles. The highest BCUT2D eigenvalue weighted by Gasteiger charge is 2.36. The minimum absolute atomic E-state index is 0.269. The van der Waals surface area contributed by atoms with E-state index in [0.717, 1.165) is 35.4 Å². The number of rotatable bonds is 5. The molecule has 0 radical (unpaired) electrons. The first-order valence-corrected chi connectivity index (χ1v) is 8.15. The number of carbonyl (C=O) groups excluding carboxylic acids is 1. The third-order valence-electron chi connectivity index (χ3n) is 4.41. The lowest BCUT2D eigenvalue weighted by Gasteiger charge is -2.34. The topological polar surface area (TPSA) is 38.1 Å². The molecular formula is C15H24BrN3O. The van der Waals surface area contributed by atoms with Crippen LogP contribution < -0.4 is 0 Å². The molecule has 1 saturated heterocycles. The Hall–Kier alpha value is -0.680. The van der Waals surface area contributed by atoms with Crippen molar-refractivity contribution in [2.45, 2.75) is 52.0 Å². The zero-order valence-electron chi connectivity index (χ0n) is 12.9. The van der Waals surface area contributed by atoms with E-state index in [1.807, 2.05) is 25.6 Å². The van der Waals surface area contributed by atoms with Crippen LogP contribution in [0.2, 0.25) is 0 Å². The van der Waals surface area contributed by atoms with Gasteiger partial charge in [-0.15, -0.1) is 0 Å². The van der Waals surface area contributed by atoms with E-state index in [2.05, 4.69) is 32.9 Å². The second-order valence-electron chi connectivity index (χ2n) is 6.04. The fourth-order valence-electron chi connectivity index (χ4n) is 2.83. The van der Waals surface area contributed by atoms with Crippen molar-refractivity contribution < 1.29 is 4.79 Å². The molecule has 0 saturated carbocycles. The lowest BCUT2D eigenvalue weighted by molar-refractivity contribution is -0.128. The van der Waals surface area contributed by atoms with Gasteiger partial charge in [-0.2, -0.15) is 5.10 Å². The summed E-state index contributed by atoms with van der Waals surface area (Å²) >= 11 is 3.59. The third kappa shape index (κ3) is 2.84. The number of hydrogen-bond acceptors (Lipinski definition) is 3. The van der Waals surface area contributed by atoms with E-state index < -0.39 is 0 Å². The maximum atomic E-state index is 12.7. The largest absolute Gasteiger partial charge is 0.297 e. The van der Waals surface area contributed by atoms with Gasteiger partial charge in [0.2, 0.25) is 0 Å². The van der Waals surface area contributed by atoms with Crippen LogP contribution in [0.4, 0.5) is 0 Å². The molecule has 1 aliphatic rings. The van der Waals surface area contributed by atoms with Crippen LogP contribution in [0.25, 0.3) is 0 Å². The van der Waals surface area contributed by atoms with Crippen molar-refractivity contribution in [2.24, 2.45) is 7.05 Å². The zero-order valence-corrected chi connectivity index (χ0v) is 14.5. The molecule has 4 nitrogen and oxygen atoms in total. The quantitative estimate of drug-likeness (QED) is 0.826. The first kappa shape index (κ1) is 15.7. The predicted octanol–water partition coefficient (Wildman–Crippen LogP) is 2.73. The molecular weight excluding hydrogens is 318 g/mol. The lowest BCUT2D eigenvalue weighted by atomic mass is 9.93. The average molecular weight is 342 g/mol. The van der Waals surface area contributed by atoms with E-state index in [9.17, 15) is 4.79 Å². The molecule has 0 unspecified atom stereocenters. The molecule has 0 atom stereocenters. The third-order valence-corrected chi connectivity index (χ3v) is 5.33. The normalized spacial score (nSPS) is 16.9. The van der Waals surface area contributed by atoms with Crippen LogP contribution in [-0.4, -0.2) is 39.1 Å². The van der Waals surface area contributed by atoms with Crippen LogP contribution >= 0.6 is 15.9 Å². The fraction of sp³-hybridized carbons (Fsp3) is 0.733. The molecule has 1 aromatic heterocycles. The number of aryl methyl sites for hydroxylation is 2. The maximum absolute atomic E-state index is 12.7. The van der Waals surface area contributed by atoms with Gasteiger partial charge in [-0.05, 0) is 62.1 Å². The summed E-state index contributed by atoms with van der Waals surface area (Å²) in [6.07, 6.45) is 3.71. The Kier molecular flexibility index (Phi) is 4.69. The van der Waals surface area contributed by atoms with Crippen LogP contribution in [0.5, 0.6) is 0 Å². The number of halogens is 1. The van der Waals surface area contributed by atoms with E-state index in [1.165, 1.54) is 12.8 Å². The van der Waals surface area contributed by atoms with Crippen molar-refractivity contribution in [3.05, 3.63) is 15.9 Å². The second kappa shape index (κ2) is 5.98. The predicted molar refractivity (Wildman–Crippen MR) is 83.9 cm³/mol. The summed E-state index contributed by atoms with van der Waals surface area (Å²) < 4.78 is 2.83. The van der Waals surface area contributed by atoms with Crippen molar-refractivity contribution >= 4 is 21.7 Å². The highest BCUT2D eigenvalue weighted by molar-refractivity contribution is 9.10. The summed E-state index contributed by atoms with van der Waals surface area (Å²) in [5, 5.41) is 4.47. The Morgan fingerprint density at radius 1 is 1.35 bits per heavy atom. The molecule has 0 N–H and O–H groups in total. The van der Waals surface area contributed by atoms with Gasteiger partial charge in [-0.3, -0.25) is 14.4 Å². The van der Waals surface area contributed by atoms with Crippen LogP contribution in [0, 0.1) is 0 Å². The smallest absolute Gasteiger partial charge is 0.158 e. The average Bonchev–Trinajstić information content (AvgIpc) is 3.02. The second-order valence-corrected chi connectivity index (χ2v) is 6.83. The number of nitrogens with zero attached hydrogens (tertiary/aromatic N) is 3. The number of hydrogen-bond donors (Lipinski definition) is 0. The van der Waals surface area contributed by atoms with E-state index in [1.54, 1.807) is 0 Å². The number of likely N-dealkylation sites (tertiary alicyclic amines) is 1. The van der Waals surface area contributed by atoms with Gasteiger partial charge >= 0.3 is 0 Å². The summed E-state index contributed by atoms with van der Waals surface area (Å²) in [4.78, 5) is 15.0. The highest BCUT2D eigenvalue weighted by Crippen LogP contribution is 2.27. The monoisotopic (exact) mass is 341 g/mol. The van der Waals surface area contributed by atoms with Gasteiger partial charge < -0.3 is 0 Å². The standard InChI is InChI=1S/C15H24BrN3O/c1-5-11-14(16)12(18(4)17-11)10-13(20)15(2,3)19-8-6-7-9-19/h5-10H2,1-4H3. The van der Waals surface area contributed by atoms with Crippen molar-refractivity contribution in [3.8, 4) is 0 Å². The van der Waals surface area contributed by atoms with Gasteiger partial charge in [0.05, 0.1) is 27.8 Å². The molecule has 20 heavy (non-hydrogen) atoms. The van der Waals surface area contributed by atoms with Crippen molar-refractivity contribution in [3.63, 3.8) is 0 Å². The fourth-order valence-corrected chi connectivity index (χ4v) is 3.59. The molecule has 1 fully saturated rings. The van der Waals surface area contributed by atoms with Crippen molar-refractivity contribution in [2.75, 3.05) is 13.1 Å². The number of aromatic nitrogens is 2. The first-order valence-electron chi connectivity index (χ1n) is 7.36. The molecule has 112 valence electrons. The lowest BCUT2D eigenvalue weighted by Crippen LogP contribution is -2.49. The Morgan fingerprint density at radius 3 is 2.45 bits per heavy atom. The van der Waals surface area contributed by atoms with Gasteiger partial charge in [-0.1, -0.05) is 6.92 Å². The summed E-state index contributed by atoms with van der Waals surface area (Å²) in [5.74, 6) is 0.269. The zero-order chi connectivity index (χ0) is 14.9. The van der Waals surface area contributed by atoms with E-state index in [0.29, 0.717) is 6.42 Å². The minimum atomic E-state index is -0.382. The van der Waals surface area contributed by atoms with Gasteiger partial charge in [0, 0.05) is 7.05 Å². The van der Waals surface area contributed by atoms with E-state index in [4.69, 9.17) is 0 Å². The molecule has 0 aromatic carbocycles. The highest BCUT2D eigenvalue weighted by atomic mass is 79.9. The van der Waals surface area contributed by atoms with Gasteiger partial charge in [-0.25, -0.2) is 0 Å². The first-order chi connectivity index (χ1) is 9.37. The number of ketones is 1. The summed E-state index contributed by atoms with van der Waals surface area (Å²) in [6.45, 7) is 8.24. The van der Waals surface area contributed by atoms with Crippen LogP contribution in [-0.2, 0) is 24.7 Å². The van der Waals surface area contributed by atoms with Crippen molar-refractivity contribution in [1.82, 2.24) is 14.7 Å². The molecule has 5 heteroatoms. The number of Topliss-reactive ketones (excluding diaryl/α,β-unsaturated/α-hetero) is 1. The molecule has 0 bridgehead atoms. The summed E-state index contributed by atoms with van der Waals surface area (Å²) in [6, 6.07) is 0. The molecule has 0 amide bonds. The minimum Gasteiger partial charge on any atom is -0.297 e. The molecule has 1 aromatic rings. The van der Waals surface area contributed by atoms with Gasteiger partial charge in [0.1, 0.15) is 0 Å².